The van der Waals surface area contributed by atoms with Gasteiger partial charge in [0, 0.05) is 46.0 Å². The van der Waals surface area contributed by atoms with Gasteiger partial charge >= 0.3 is 0 Å². The molecule has 0 bridgehead atoms. The summed E-state index contributed by atoms with van der Waals surface area (Å²) in [5.41, 5.74) is 5.26. The Morgan fingerprint density at radius 2 is 1.91 bits per heavy atom. The molecule has 0 spiro atoms. The van der Waals surface area contributed by atoms with E-state index in [1.54, 1.807) is 22.3 Å². The lowest BCUT2D eigenvalue weighted by Gasteiger charge is -2.32. The fraction of sp³-hybridized carbons (Fsp3) is 0.409. The summed E-state index contributed by atoms with van der Waals surface area (Å²) in [7, 11) is 3.43. The van der Waals surface area contributed by atoms with E-state index in [-0.39, 0.29) is 0 Å². The fourth-order valence-corrected chi connectivity index (χ4v) is 6.47. The highest BCUT2D eigenvalue weighted by atomic mass is 32.1. The molecule has 1 aliphatic heterocycles. The maximum atomic E-state index is 5.02. The highest BCUT2D eigenvalue weighted by Crippen LogP contribution is 2.35. The molecule has 0 N–H and O–H groups in total. The first-order chi connectivity index (χ1) is 15.4. The van der Waals surface area contributed by atoms with Gasteiger partial charge in [-0.05, 0) is 25.6 Å². The Labute approximate surface area is 192 Å². The number of rotatable bonds is 5. The van der Waals surface area contributed by atoms with E-state index in [0.29, 0.717) is 5.82 Å². The van der Waals surface area contributed by atoms with Crippen LogP contribution < -0.4 is 5.44 Å². The number of imidazole rings is 1. The summed E-state index contributed by atoms with van der Waals surface area (Å²) >= 11 is 1.63. The molecule has 1 fully saturated rings. The molecule has 1 atom stereocenters. The minimum absolute atomic E-state index is 0.641. The molecule has 0 aromatic carbocycles. The zero-order valence-corrected chi connectivity index (χ0v) is 20.7. The third-order valence-electron chi connectivity index (χ3n) is 5.83. The molecule has 5 heterocycles. The van der Waals surface area contributed by atoms with Gasteiger partial charge in [0.05, 0.1) is 12.0 Å². The zero-order valence-electron chi connectivity index (χ0n) is 19.0. The van der Waals surface area contributed by atoms with Crippen LogP contribution >= 0.6 is 18.9 Å². The topological polar surface area (TPSA) is 67.4 Å². The number of hydrogen-bond donors (Lipinski definition) is 0. The molecule has 4 aromatic rings. The molecule has 10 heteroatoms. The van der Waals surface area contributed by atoms with Crippen LogP contribution in [0.5, 0.6) is 0 Å². The summed E-state index contributed by atoms with van der Waals surface area (Å²) in [5.74, 6) is 0.714. The summed E-state index contributed by atoms with van der Waals surface area (Å²) in [6, 6.07) is 4.31. The SMILES string of the molecule is C=[P+](C)c1nc(-c2c(C)nc3ccc(CN4CCN(C)CC4)cn23)sc1-c1ncn(C)n1. The number of hydrogen-bond acceptors (Lipinski definition) is 7. The number of likely N-dealkylation sites (N-methyl/N-ethyl adjacent to an activating group) is 1. The zero-order chi connectivity index (χ0) is 22.4. The summed E-state index contributed by atoms with van der Waals surface area (Å²) in [4.78, 5) is 20.2. The molecule has 0 radical (unpaired) electrons. The lowest BCUT2D eigenvalue weighted by Crippen LogP contribution is -2.43. The van der Waals surface area contributed by atoms with Crippen molar-refractivity contribution in [2.75, 3.05) is 39.9 Å². The second kappa shape index (κ2) is 8.48. The van der Waals surface area contributed by atoms with Crippen molar-refractivity contribution in [1.29, 1.82) is 0 Å². The average Bonchev–Trinajstić information content (AvgIpc) is 3.45. The Morgan fingerprint density at radius 1 is 1.12 bits per heavy atom. The number of aromatic nitrogens is 6. The molecule has 0 aliphatic carbocycles. The number of pyridine rings is 1. The lowest BCUT2D eigenvalue weighted by molar-refractivity contribution is 0.148. The highest BCUT2D eigenvalue weighted by Gasteiger charge is 2.26. The van der Waals surface area contributed by atoms with E-state index < -0.39 is 7.55 Å². The smallest absolute Gasteiger partial charge is 0.260 e. The third-order valence-corrected chi connectivity index (χ3v) is 8.09. The Bertz CT molecular complexity index is 1290. The number of nitrogens with zero attached hydrogens (tertiary/aromatic N) is 8. The molecule has 32 heavy (non-hydrogen) atoms. The monoisotopic (exact) mass is 467 g/mol. The third kappa shape index (κ3) is 4.01. The van der Waals surface area contributed by atoms with E-state index >= 15 is 0 Å². The van der Waals surface area contributed by atoms with Crippen LogP contribution in [-0.2, 0) is 13.6 Å². The minimum atomic E-state index is -0.641. The van der Waals surface area contributed by atoms with Crippen LogP contribution in [0.1, 0.15) is 11.3 Å². The van der Waals surface area contributed by atoms with Gasteiger partial charge in [-0.3, -0.25) is 14.0 Å². The molecule has 1 saturated heterocycles. The molecular weight excluding hydrogens is 439 g/mol. The lowest BCUT2D eigenvalue weighted by atomic mass is 10.2. The van der Waals surface area contributed by atoms with Crippen molar-refractivity contribution in [1.82, 2.24) is 38.9 Å². The second-order valence-electron chi connectivity index (χ2n) is 8.50. The normalized spacial score (nSPS) is 16.2. The van der Waals surface area contributed by atoms with Crippen molar-refractivity contribution in [3.05, 3.63) is 35.9 Å². The van der Waals surface area contributed by atoms with E-state index in [1.807, 2.05) is 7.05 Å². The van der Waals surface area contributed by atoms with Gasteiger partial charge in [-0.15, -0.1) is 11.3 Å². The van der Waals surface area contributed by atoms with E-state index in [1.165, 1.54) is 5.56 Å². The molecule has 166 valence electrons. The van der Waals surface area contributed by atoms with Crippen LogP contribution in [0.2, 0.25) is 0 Å². The van der Waals surface area contributed by atoms with Gasteiger partial charge in [0.25, 0.3) is 5.44 Å². The fourth-order valence-electron chi connectivity index (χ4n) is 4.08. The molecular formula is C22H28N8PS+. The number of fused-ring (bicyclic) bond motifs is 1. The largest absolute Gasteiger partial charge is 0.304 e. The van der Waals surface area contributed by atoms with E-state index in [4.69, 9.17) is 9.97 Å². The Balaban J connectivity index is 1.55. The van der Waals surface area contributed by atoms with E-state index in [0.717, 1.165) is 65.1 Å². The van der Waals surface area contributed by atoms with Crippen LogP contribution in [0.3, 0.4) is 0 Å². The van der Waals surface area contributed by atoms with E-state index in [9.17, 15) is 0 Å². The Kier molecular flexibility index (Phi) is 5.67. The predicted octanol–water partition coefficient (Wildman–Crippen LogP) is 2.48. The summed E-state index contributed by atoms with van der Waals surface area (Å²) < 4.78 is 3.92. The van der Waals surface area contributed by atoms with E-state index in [2.05, 4.69) is 69.5 Å². The van der Waals surface area contributed by atoms with Gasteiger partial charge < -0.3 is 4.90 Å². The first-order valence-corrected chi connectivity index (χ1v) is 13.5. The maximum Gasteiger partial charge on any atom is 0.260 e. The first kappa shape index (κ1) is 21.4. The Hall–Kier alpha value is -2.45. The second-order valence-corrected chi connectivity index (χ2v) is 11.3. The Morgan fingerprint density at radius 3 is 2.59 bits per heavy atom. The molecule has 1 unspecified atom stereocenters. The molecule has 0 amide bonds. The van der Waals surface area contributed by atoms with Crippen molar-refractivity contribution >= 4 is 36.3 Å². The number of piperazine rings is 1. The van der Waals surface area contributed by atoms with Gasteiger partial charge in [-0.2, -0.15) is 10.1 Å². The quantitative estimate of drug-likeness (QED) is 0.420. The van der Waals surface area contributed by atoms with Gasteiger partial charge in [-0.1, -0.05) is 6.07 Å². The van der Waals surface area contributed by atoms with Gasteiger partial charge in [0.15, 0.2) is 5.82 Å². The summed E-state index contributed by atoms with van der Waals surface area (Å²) in [6.45, 7) is 9.57. The van der Waals surface area contributed by atoms with Crippen LogP contribution in [0, 0.1) is 6.92 Å². The first-order valence-electron chi connectivity index (χ1n) is 10.7. The molecule has 8 nitrogen and oxygen atoms in total. The van der Waals surface area contributed by atoms with Crippen LogP contribution in [0.15, 0.2) is 24.7 Å². The number of thiazole rings is 1. The van der Waals surface area contributed by atoms with Gasteiger partial charge in [-0.25, -0.2) is 9.97 Å². The van der Waals surface area contributed by atoms with Crippen LogP contribution in [0.25, 0.3) is 27.1 Å². The number of aryl methyl sites for hydroxylation is 2. The standard InChI is InChI=1S/C22H28N8PS/c1-15-18(22-25-21(31(4)5)19(32-22)20-23-14-28(3)26-20)30-13-16(6-7-17(30)24-15)12-29-10-8-27(2)9-11-29/h6-7,13-14H,4,8-12H2,1-3,5H3/q+1. The van der Waals surface area contributed by atoms with Crippen LogP contribution in [0.4, 0.5) is 0 Å². The van der Waals surface area contributed by atoms with Crippen molar-refractivity contribution in [2.24, 2.45) is 7.05 Å². The van der Waals surface area contributed by atoms with Crippen molar-refractivity contribution in [3.8, 4) is 21.4 Å². The molecule has 5 rings (SSSR count). The van der Waals surface area contributed by atoms with Crippen molar-refractivity contribution in [2.45, 2.75) is 13.5 Å². The van der Waals surface area contributed by atoms with Crippen molar-refractivity contribution < 1.29 is 0 Å². The average molecular weight is 468 g/mol. The summed E-state index contributed by atoms with van der Waals surface area (Å²) in [6.07, 6.45) is 8.23. The molecule has 1 aliphatic rings. The highest BCUT2D eigenvalue weighted by molar-refractivity contribution is 7.63. The summed E-state index contributed by atoms with van der Waals surface area (Å²) in [5, 5.41) is 5.46. The predicted molar refractivity (Wildman–Crippen MR) is 133 cm³/mol. The minimum Gasteiger partial charge on any atom is -0.304 e. The van der Waals surface area contributed by atoms with Crippen molar-refractivity contribution in [3.63, 3.8) is 0 Å². The van der Waals surface area contributed by atoms with Crippen LogP contribution in [-0.4, -0.2) is 85.1 Å². The molecule has 0 saturated carbocycles. The molecule has 4 aromatic heterocycles. The van der Waals surface area contributed by atoms with Gasteiger partial charge in [0.1, 0.15) is 41.8 Å². The van der Waals surface area contributed by atoms with Gasteiger partial charge in [0.2, 0.25) is 0 Å². The maximum absolute atomic E-state index is 5.02.